The lowest BCUT2D eigenvalue weighted by Crippen LogP contribution is -2.12. The van der Waals surface area contributed by atoms with Gasteiger partial charge in [-0.3, -0.25) is 4.57 Å². The minimum absolute atomic E-state index is 0.00265. The molecular formula is C12H16ClN5O. The lowest BCUT2D eigenvalue weighted by atomic mass is 10.3. The van der Waals surface area contributed by atoms with Crippen LogP contribution in [-0.4, -0.2) is 32.2 Å². The van der Waals surface area contributed by atoms with Crippen molar-refractivity contribution in [1.82, 2.24) is 19.5 Å². The van der Waals surface area contributed by atoms with Gasteiger partial charge in [0.25, 0.3) is 0 Å². The molecule has 0 radical (unpaired) electrons. The predicted molar refractivity (Wildman–Crippen MR) is 73.3 cm³/mol. The van der Waals surface area contributed by atoms with Gasteiger partial charge in [-0.1, -0.05) is 0 Å². The molecule has 102 valence electrons. The SMILES string of the molecule is CC(C)Nc1nc(Cl)nc2c1ncn2[C@@H]1CCCO1. The Kier molecular flexibility index (Phi) is 3.28. The Morgan fingerprint density at radius 2 is 2.32 bits per heavy atom. The zero-order chi connectivity index (χ0) is 13.4. The van der Waals surface area contributed by atoms with Gasteiger partial charge in [-0.05, 0) is 38.3 Å². The lowest BCUT2D eigenvalue weighted by Gasteiger charge is -2.13. The van der Waals surface area contributed by atoms with Gasteiger partial charge in [-0.25, -0.2) is 4.98 Å². The Bertz CT molecular complexity index is 591. The third kappa shape index (κ3) is 2.37. The highest BCUT2D eigenvalue weighted by atomic mass is 35.5. The lowest BCUT2D eigenvalue weighted by molar-refractivity contribution is 0.0593. The second kappa shape index (κ2) is 4.94. The molecule has 2 aromatic rings. The van der Waals surface area contributed by atoms with Crippen molar-refractivity contribution >= 4 is 28.6 Å². The van der Waals surface area contributed by atoms with E-state index in [0.717, 1.165) is 30.6 Å². The third-order valence-corrected chi connectivity index (χ3v) is 3.20. The summed E-state index contributed by atoms with van der Waals surface area (Å²) in [4.78, 5) is 12.9. The van der Waals surface area contributed by atoms with Crippen molar-refractivity contribution in [3.63, 3.8) is 0 Å². The van der Waals surface area contributed by atoms with Crippen LogP contribution in [0, 0.1) is 0 Å². The first-order valence-electron chi connectivity index (χ1n) is 6.43. The summed E-state index contributed by atoms with van der Waals surface area (Å²) >= 11 is 6.00. The van der Waals surface area contributed by atoms with Gasteiger partial charge in [0.05, 0.1) is 6.33 Å². The number of imidazole rings is 1. The van der Waals surface area contributed by atoms with Gasteiger partial charge in [-0.15, -0.1) is 0 Å². The molecule has 7 heteroatoms. The predicted octanol–water partition coefficient (Wildman–Crippen LogP) is 2.61. The maximum Gasteiger partial charge on any atom is 0.226 e. The molecule has 1 fully saturated rings. The Hall–Kier alpha value is -1.40. The van der Waals surface area contributed by atoms with E-state index in [9.17, 15) is 0 Å². The standard InChI is InChI=1S/C12H16ClN5O/c1-7(2)15-10-9-11(17-12(13)16-10)18(6-14-9)8-4-3-5-19-8/h6-8H,3-5H2,1-2H3,(H,15,16,17)/t8-/m0/s1. The van der Waals surface area contributed by atoms with Crippen LogP contribution in [0.2, 0.25) is 5.28 Å². The molecule has 0 aromatic carbocycles. The summed E-state index contributed by atoms with van der Waals surface area (Å²) < 4.78 is 7.60. The fourth-order valence-electron chi connectivity index (χ4n) is 2.25. The molecule has 0 amide bonds. The maximum atomic E-state index is 6.00. The van der Waals surface area contributed by atoms with E-state index < -0.39 is 0 Å². The number of rotatable bonds is 3. The first kappa shape index (κ1) is 12.6. The van der Waals surface area contributed by atoms with E-state index in [1.165, 1.54) is 0 Å². The summed E-state index contributed by atoms with van der Waals surface area (Å²) in [6.45, 7) is 4.86. The Morgan fingerprint density at radius 3 is 3.00 bits per heavy atom. The zero-order valence-electron chi connectivity index (χ0n) is 10.9. The van der Waals surface area contributed by atoms with Gasteiger partial charge < -0.3 is 10.1 Å². The second-order valence-corrected chi connectivity index (χ2v) is 5.27. The molecule has 3 heterocycles. The van der Waals surface area contributed by atoms with Crippen molar-refractivity contribution < 1.29 is 4.74 Å². The molecule has 1 aliphatic rings. The molecule has 0 unspecified atom stereocenters. The molecule has 0 spiro atoms. The van der Waals surface area contributed by atoms with Crippen LogP contribution in [0.1, 0.15) is 32.9 Å². The average molecular weight is 282 g/mol. The molecule has 1 N–H and O–H groups in total. The van der Waals surface area contributed by atoms with Crippen molar-refractivity contribution in [3.8, 4) is 0 Å². The molecule has 19 heavy (non-hydrogen) atoms. The minimum Gasteiger partial charge on any atom is -0.366 e. The van der Waals surface area contributed by atoms with Crippen LogP contribution in [0.4, 0.5) is 5.82 Å². The minimum atomic E-state index is 0.00265. The van der Waals surface area contributed by atoms with Crippen LogP contribution in [-0.2, 0) is 4.74 Å². The summed E-state index contributed by atoms with van der Waals surface area (Å²) in [7, 11) is 0. The van der Waals surface area contributed by atoms with Gasteiger partial charge >= 0.3 is 0 Å². The highest BCUT2D eigenvalue weighted by Crippen LogP contribution is 2.28. The number of nitrogens with zero attached hydrogens (tertiary/aromatic N) is 4. The normalized spacial score (nSPS) is 19.5. The van der Waals surface area contributed by atoms with Gasteiger partial charge in [0, 0.05) is 12.6 Å². The molecule has 1 aliphatic heterocycles. The number of halogens is 1. The van der Waals surface area contributed by atoms with Crippen LogP contribution in [0.25, 0.3) is 11.2 Å². The number of hydrogen-bond donors (Lipinski definition) is 1. The van der Waals surface area contributed by atoms with Crippen LogP contribution in [0.5, 0.6) is 0 Å². The number of nitrogens with one attached hydrogen (secondary N) is 1. The molecule has 0 bridgehead atoms. The fourth-order valence-corrected chi connectivity index (χ4v) is 2.42. The summed E-state index contributed by atoms with van der Waals surface area (Å²) in [5.74, 6) is 0.668. The Balaban J connectivity index is 2.09. The highest BCUT2D eigenvalue weighted by Gasteiger charge is 2.22. The van der Waals surface area contributed by atoms with E-state index in [2.05, 4.69) is 20.3 Å². The number of aromatic nitrogens is 4. The Labute approximate surface area is 116 Å². The van der Waals surface area contributed by atoms with E-state index in [0.29, 0.717) is 5.82 Å². The molecule has 1 saturated heterocycles. The molecule has 0 saturated carbocycles. The van der Waals surface area contributed by atoms with E-state index in [1.54, 1.807) is 6.33 Å². The molecule has 2 aromatic heterocycles. The molecular weight excluding hydrogens is 266 g/mol. The van der Waals surface area contributed by atoms with E-state index >= 15 is 0 Å². The summed E-state index contributed by atoms with van der Waals surface area (Å²) in [6, 6.07) is 0.252. The number of ether oxygens (including phenoxy) is 1. The number of hydrogen-bond acceptors (Lipinski definition) is 5. The van der Waals surface area contributed by atoms with E-state index in [-0.39, 0.29) is 17.6 Å². The van der Waals surface area contributed by atoms with Gasteiger partial charge in [0.15, 0.2) is 17.0 Å². The molecule has 6 nitrogen and oxygen atoms in total. The number of fused-ring (bicyclic) bond motifs is 1. The Morgan fingerprint density at radius 1 is 1.47 bits per heavy atom. The number of anilines is 1. The van der Waals surface area contributed by atoms with Gasteiger partial charge in [0.2, 0.25) is 5.28 Å². The summed E-state index contributed by atoms with van der Waals surface area (Å²) in [5.41, 5.74) is 1.45. The quantitative estimate of drug-likeness (QED) is 0.876. The van der Waals surface area contributed by atoms with Crippen molar-refractivity contribution in [1.29, 1.82) is 0 Å². The van der Waals surface area contributed by atoms with Crippen LogP contribution < -0.4 is 5.32 Å². The van der Waals surface area contributed by atoms with Crippen molar-refractivity contribution in [2.75, 3.05) is 11.9 Å². The van der Waals surface area contributed by atoms with Gasteiger partial charge in [0.1, 0.15) is 6.23 Å². The van der Waals surface area contributed by atoms with Crippen molar-refractivity contribution in [3.05, 3.63) is 11.6 Å². The van der Waals surface area contributed by atoms with E-state index in [1.807, 2.05) is 18.4 Å². The maximum absolute atomic E-state index is 6.00. The zero-order valence-corrected chi connectivity index (χ0v) is 11.7. The van der Waals surface area contributed by atoms with Crippen molar-refractivity contribution in [2.45, 2.75) is 39.0 Å². The third-order valence-electron chi connectivity index (χ3n) is 3.04. The largest absolute Gasteiger partial charge is 0.366 e. The monoisotopic (exact) mass is 281 g/mol. The van der Waals surface area contributed by atoms with E-state index in [4.69, 9.17) is 16.3 Å². The first-order chi connectivity index (χ1) is 9.15. The molecule has 0 aliphatic carbocycles. The summed E-state index contributed by atoms with van der Waals surface area (Å²) in [5, 5.41) is 3.46. The van der Waals surface area contributed by atoms with Crippen LogP contribution in [0.3, 0.4) is 0 Å². The second-order valence-electron chi connectivity index (χ2n) is 4.93. The first-order valence-corrected chi connectivity index (χ1v) is 6.81. The van der Waals surface area contributed by atoms with Crippen LogP contribution in [0.15, 0.2) is 6.33 Å². The highest BCUT2D eigenvalue weighted by molar-refractivity contribution is 6.28. The fraction of sp³-hybridized carbons (Fsp3) is 0.583. The molecule has 3 rings (SSSR count). The van der Waals surface area contributed by atoms with Crippen molar-refractivity contribution in [2.24, 2.45) is 0 Å². The average Bonchev–Trinajstić information content (AvgIpc) is 2.94. The van der Waals surface area contributed by atoms with Crippen LogP contribution >= 0.6 is 11.6 Å². The van der Waals surface area contributed by atoms with Gasteiger partial charge in [-0.2, -0.15) is 9.97 Å². The summed E-state index contributed by atoms with van der Waals surface area (Å²) in [6.07, 6.45) is 3.78. The molecule has 1 atom stereocenters. The topological polar surface area (TPSA) is 64.9 Å². The smallest absolute Gasteiger partial charge is 0.226 e.